The predicted octanol–water partition coefficient (Wildman–Crippen LogP) is 11.4. The molecule has 3 nitrogen and oxygen atoms in total. The van der Waals surface area contributed by atoms with Crippen molar-refractivity contribution in [2.75, 3.05) is 0 Å². The van der Waals surface area contributed by atoms with Crippen LogP contribution in [0, 0.1) is 46.3 Å². The van der Waals surface area contributed by atoms with E-state index in [0.29, 0.717) is 47.2 Å². The van der Waals surface area contributed by atoms with Crippen LogP contribution < -0.4 is 0 Å². The van der Waals surface area contributed by atoms with Crippen LogP contribution in [0.2, 0.25) is 36.3 Å². The zero-order chi connectivity index (χ0) is 33.3. The van der Waals surface area contributed by atoms with E-state index in [9.17, 15) is 5.11 Å². The summed E-state index contributed by atoms with van der Waals surface area (Å²) in [5.41, 5.74) is -0.231. The number of hydrogen-bond acceptors (Lipinski definition) is 3. The quantitative estimate of drug-likeness (QED) is 0.211. The summed E-state index contributed by atoms with van der Waals surface area (Å²) < 4.78 is 14.7. The van der Waals surface area contributed by atoms with Gasteiger partial charge in [0.15, 0.2) is 16.6 Å². The Morgan fingerprint density at radius 3 is 1.86 bits per heavy atom. The van der Waals surface area contributed by atoms with Gasteiger partial charge in [0.05, 0.1) is 5.60 Å². The lowest BCUT2D eigenvalue weighted by Gasteiger charge is -2.64. The second kappa shape index (κ2) is 12.2. The Hall–Kier alpha value is 0.0538. The van der Waals surface area contributed by atoms with Gasteiger partial charge in [0, 0.05) is 12.2 Å². The fraction of sp³-hybridized carbons (Fsp3) is 0.949. The predicted molar refractivity (Wildman–Crippen MR) is 194 cm³/mol. The number of rotatable bonds is 8. The van der Waals surface area contributed by atoms with Gasteiger partial charge in [0.25, 0.3) is 0 Å². The van der Waals surface area contributed by atoms with E-state index >= 15 is 0 Å². The summed E-state index contributed by atoms with van der Waals surface area (Å²) >= 11 is 0. The Labute approximate surface area is 276 Å². The Morgan fingerprint density at radius 2 is 1.30 bits per heavy atom. The molecule has 0 heterocycles. The van der Waals surface area contributed by atoms with Crippen LogP contribution in [0.4, 0.5) is 0 Å². The topological polar surface area (TPSA) is 38.7 Å². The third-order valence-electron chi connectivity index (χ3n) is 14.9. The summed E-state index contributed by atoms with van der Waals surface area (Å²) in [6.07, 6.45) is 16.0. The maximum absolute atomic E-state index is 11.9. The molecule has 256 valence electrons. The molecule has 0 aromatic heterocycles. The van der Waals surface area contributed by atoms with Gasteiger partial charge >= 0.3 is 0 Å². The molecule has 0 aliphatic heterocycles. The summed E-state index contributed by atoms with van der Waals surface area (Å²) in [6.45, 7) is 36.1. The van der Waals surface area contributed by atoms with Crippen molar-refractivity contribution < 1.29 is 14.0 Å². The minimum Gasteiger partial charge on any atom is -0.414 e. The van der Waals surface area contributed by atoms with Crippen molar-refractivity contribution in [3.05, 3.63) is 12.2 Å². The highest BCUT2D eigenvalue weighted by Crippen LogP contribution is 2.69. The molecule has 0 amide bonds. The normalized spacial score (nSPS) is 40.1. The Bertz CT molecular complexity index is 1030. The van der Waals surface area contributed by atoms with E-state index in [0.717, 1.165) is 18.8 Å². The molecule has 44 heavy (non-hydrogen) atoms. The maximum atomic E-state index is 11.9. The Kier molecular flexibility index (Phi) is 10.2. The van der Waals surface area contributed by atoms with Crippen LogP contribution in [0.3, 0.4) is 0 Å². The fourth-order valence-electron chi connectivity index (χ4n) is 10.3. The van der Waals surface area contributed by atoms with E-state index in [1.807, 2.05) is 0 Å². The van der Waals surface area contributed by atoms with Crippen LogP contribution in [0.5, 0.6) is 0 Å². The lowest BCUT2D eigenvalue weighted by molar-refractivity contribution is -0.171. The van der Waals surface area contributed by atoms with Crippen LogP contribution in [-0.2, 0) is 8.85 Å². The molecule has 0 aromatic rings. The summed E-state index contributed by atoms with van der Waals surface area (Å²) in [7, 11) is -3.80. The third-order valence-corrected chi connectivity index (χ3v) is 23.9. The smallest absolute Gasteiger partial charge is 0.192 e. The molecule has 1 N–H and O–H groups in total. The molecule has 5 heteroatoms. The van der Waals surface area contributed by atoms with Crippen molar-refractivity contribution >= 4 is 16.6 Å². The molecule has 0 saturated heterocycles. The minimum absolute atomic E-state index is 0.195. The van der Waals surface area contributed by atoms with Crippen LogP contribution in [0.25, 0.3) is 0 Å². The van der Waals surface area contributed by atoms with E-state index in [2.05, 4.69) is 115 Å². The SMILES string of the molecule is CC(C)C/C=C\[C@](C)(O)[C@H]1CC[C@H]2[C@@H]3C[C@H](O[Si](C)(C)C(C)(C)C)[C@H]4C[C@@H](O[Si](C)(C)C(C)(C)C)CC[C@]4(C)[C@H]3CC[C@@]21C. The maximum Gasteiger partial charge on any atom is 0.192 e. The standard InChI is InChI=1S/C39H74O3Si2/c1-27(2)17-16-22-39(11,40)34-19-18-30-29-26-33(42-44(14,15)36(6,7)8)32-25-28(41-43(12,13)35(3,4)5)20-23-37(32,9)31(29)21-24-38(30,34)10/h16,22,27-34,40H,17-21,23-26H2,1-15H3/b22-16-/t28-,29-,30-,31-,32+,33-,34-,37+,38-,39-/m0/s1. The largest absolute Gasteiger partial charge is 0.414 e. The molecule has 4 aliphatic carbocycles. The number of aliphatic hydroxyl groups is 1. The Balaban J connectivity index is 1.66. The monoisotopic (exact) mass is 647 g/mol. The van der Waals surface area contributed by atoms with Gasteiger partial charge < -0.3 is 14.0 Å². The first-order chi connectivity index (χ1) is 19.9. The summed E-state index contributed by atoms with van der Waals surface area (Å²) in [4.78, 5) is 0. The van der Waals surface area contributed by atoms with Crippen LogP contribution in [0.1, 0.15) is 134 Å². The van der Waals surface area contributed by atoms with E-state index in [-0.39, 0.29) is 15.5 Å². The van der Waals surface area contributed by atoms with Crippen molar-refractivity contribution in [2.24, 2.45) is 46.3 Å². The van der Waals surface area contributed by atoms with Crippen molar-refractivity contribution in [1.29, 1.82) is 0 Å². The molecule has 4 aliphatic rings. The lowest BCUT2D eigenvalue weighted by Crippen LogP contribution is -2.61. The summed E-state index contributed by atoms with van der Waals surface area (Å²) in [5, 5.41) is 12.4. The average Bonchev–Trinajstić information content (AvgIpc) is 3.21. The molecular weight excluding hydrogens is 573 g/mol. The zero-order valence-corrected chi connectivity index (χ0v) is 33.9. The van der Waals surface area contributed by atoms with E-state index in [1.54, 1.807) is 0 Å². The fourth-order valence-corrected chi connectivity index (χ4v) is 13.0. The first kappa shape index (κ1) is 36.9. The molecule has 0 bridgehead atoms. The van der Waals surface area contributed by atoms with Gasteiger partial charge in [-0.15, -0.1) is 0 Å². The first-order valence-corrected chi connectivity index (χ1v) is 24.4. The van der Waals surface area contributed by atoms with Crippen molar-refractivity contribution in [2.45, 2.75) is 188 Å². The van der Waals surface area contributed by atoms with Gasteiger partial charge in [-0.3, -0.25) is 0 Å². The highest BCUT2D eigenvalue weighted by atomic mass is 28.4. The van der Waals surface area contributed by atoms with Gasteiger partial charge in [-0.1, -0.05) is 81.4 Å². The van der Waals surface area contributed by atoms with Gasteiger partial charge in [0.2, 0.25) is 0 Å². The highest BCUT2D eigenvalue weighted by Gasteiger charge is 2.64. The van der Waals surface area contributed by atoms with Gasteiger partial charge in [-0.25, -0.2) is 0 Å². The lowest BCUT2D eigenvalue weighted by atomic mass is 9.43. The van der Waals surface area contributed by atoms with Crippen molar-refractivity contribution in [3.63, 3.8) is 0 Å². The van der Waals surface area contributed by atoms with Crippen molar-refractivity contribution in [3.8, 4) is 0 Å². The highest BCUT2D eigenvalue weighted by molar-refractivity contribution is 6.74. The van der Waals surface area contributed by atoms with Crippen LogP contribution in [0.15, 0.2) is 12.2 Å². The third kappa shape index (κ3) is 6.81. The number of hydrogen-bond donors (Lipinski definition) is 1. The molecule has 0 unspecified atom stereocenters. The van der Waals surface area contributed by atoms with Gasteiger partial charge in [-0.2, -0.15) is 0 Å². The summed E-state index contributed by atoms with van der Waals surface area (Å²) in [5.74, 6) is 3.68. The second-order valence-corrected chi connectivity index (χ2v) is 29.9. The zero-order valence-electron chi connectivity index (χ0n) is 31.9. The molecule has 0 aromatic carbocycles. The van der Waals surface area contributed by atoms with E-state index < -0.39 is 22.2 Å². The van der Waals surface area contributed by atoms with Crippen LogP contribution in [-0.4, -0.2) is 39.6 Å². The minimum atomic E-state index is -1.96. The molecule has 0 spiro atoms. The molecule has 4 fully saturated rings. The second-order valence-electron chi connectivity index (χ2n) is 20.3. The van der Waals surface area contributed by atoms with Gasteiger partial charge in [0.1, 0.15) is 0 Å². The van der Waals surface area contributed by atoms with E-state index in [4.69, 9.17) is 8.85 Å². The molecule has 0 radical (unpaired) electrons. The molecule has 10 atom stereocenters. The van der Waals surface area contributed by atoms with E-state index in [1.165, 1.54) is 44.9 Å². The molecule has 4 rings (SSSR count). The van der Waals surface area contributed by atoms with Crippen LogP contribution >= 0.6 is 0 Å². The first-order valence-electron chi connectivity index (χ1n) is 18.6. The average molecular weight is 647 g/mol. The number of allylic oxidation sites excluding steroid dienone is 1. The van der Waals surface area contributed by atoms with Gasteiger partial charge in [-0.05, 0) is 147 Å². The number of fused-ring (bicyclic) bond motifs is 5. The molecule has 4 saturated carbocycles. The van der Waals surface area contributed by atoms with Crippen molar-refractivity contribution in [1.82, 2.24) is 0 Å². The Morgan fingerprint density at radius 1 is 0.750 bits per heavy atom. The molecular formula is C39H74O3Si2. The summed E-state index contributed by atoms with van der Waals surface area (Å²) in [6, 6.07) is 0.